The fraction of sp³-hybridized carbons (Fsp3) is 0.125. The van der Waals surface area contributed by atoms with Crippen LogP contribution in [0.1, 0.15) is 19.4 Å². The van der Waals surface area contributed by atoms with Gasteiger partial charge in [0.2, 0.25) is 0 Å². The Kier molecular flexibility index (Phi) is 3.61. The summed E-state index contributed by atoms with van der Waals surface area (Å²) in [6.45, 7) is 4.18. The molecule has 2 rings (SSSR count). The van der Waals surface area contributed by atoms with Crippen molar-refractivity contribution in [3.05, 3.63) is 71.8 Å². The second kappa shape index (κ2) is 5.35. The summed E-state index contributed by atoms with van der Waals surface area (Å²) in [4.78, 5) is 0. The zero-order valence-electron chi connectivity index (χ0n) is 10.2. The van der Waals surface area contributed by atoms with E-state index in [1.807, 2.05) is 48.5 Å². The molecule has 1 radical (unpaired) electrons. The van der Waals surface area contributed by atoms with Gasteiger partial charge in [0.05, 0.1) is 11.4 Å². The molecule has 0 aromatic heterocycles. The Morgan fingerprint density at radius 2 is 1.29 bits per heavy atom. The van der Waals surface area contributed by atoms with Crippen molar-refractivity contribution in [1.82, 2.24) is 5.32 Å². The molecule has 2 aromatic carbocycles. The first-order valence-corrected chi connectivity index (χ1v) is 5.77. The van der Waals surface area contributed by atoms with Gasteiger partial charge in [0.15, 0.2) is 0 Å². The summed E-state index contributed by atoms with van der Waals surface area (Å²) >= 11 is 0. The van der Waals surface area contributed by atoms with Crippen molar-refractivity contribution in [2.45, 2.75) is 13.8 Å². The normalized spacial score (nSPS) is 9.76. The number of nitrogens with zero attached hydrogens (tertiary/aromatic N) is 1. The van der Waals surface area contributed by atoms with Crippen LogP contribution in [0.5, 0.6) is 0 Å². The molecule has 0 aliphatic carbocycles. The number of para-hydroxylation sites is 1. The van der Waals surface area contributed by atoms with Crippen LogP contribution in [0.3, 0.4) is 0 Å². The average molecular weight is 222 g/mol. The topological polar surface area (TPSA) is 14.1 Å². The molecule has 17 heavy (non-hydrogen) atoms. The van der Waals surface area contributed by atoms with Gasteiger partial charge >= 0.3 is 0 Å². The number of hydrogen-bond donors (Lipinski definition) is 0. The smallest absolute Gasteiger partial charge is 0.0695 e. The van der Waals surface area contributed by atoms with Crippen LogP contribution in [0.2, 0.25) is 0 Å². The first-order valence-electron chi connectivity index (χ1n) is 5.77. The highest BCUT2D eigenvalue weighted by atomic mass is 14.9. The van der Waals surface area contributed by atoms with E-state index in [1.54, 1.807) is 0 Å². The quantitative estimate of drug-likeness (QED) is 0.732. The molecular weight excluding hydrogens is 206 g/mol. The van der Waals surface area contributed by atoms with E-state index in [1.165, 1.54) is 5.57 Å². The lowest BCUT2D eigenvalue weighted by Crippen LogP contribution is -1.99. The first kappa shape index (κ1) is 11.5. The van der Waals surface area contributed by atoms with E-state index in [4.69, 9.17) is 5.32 Å². The fourth-order valence-electron chi connectivity index (χ4n) is 1.69. The minimum absolute atomic E-state index is 0.993. The van der Waals surface area contributed by atoms with Gasteiger partial charge in [-0.1, -0.05) is 54.1 Å². The van der Waals surface area contributed by atoms with Crippen molar-refractivity contribution < 1.29 is 0 Å². The van der Waals surface area contributed by atoms with Gasteiger partial charge in [-0.3, -0.25) is 0 Å². The molecule has 0 atom stereocenters. The van der Waals surface area contributed by atoms with Gasteiger partial charge in [0.25, 0.3) is 0 Å². The maximum atomic E-state index is 4.71. The summed E-state index contributed by atoms with van der Waals surface area (Å²) < 4.78 is 0. The minimum Gasteiger partial charge on any atom is -0.249 e. The van der Waals surface area contributed by atoms with E-state index in [0.29, 0.717) is 0 Å². The Balaban J connectivity index is 2.31. The molecule has 1 nitrogen and oxygen atoms in total. The van der Waals surface area contributed by atoms with E-state index >= 15 is 0 Å². The maximum Gasteiger partial charge on any atom is 0.0695 e. The highest BCUT2D eigenvalue weighted by Gasteiger charge is 2.05. The van der Waals surface area contributed by atoms with Crippen molar-refractivity contribution in [2.75, 3.05) is 0 Å². The molecule has 1 heteroatoms. The first-order chi connectivity index (χ1) is 8.27. The lowest BCUT2D eigenvalue weighted by Gasteiger charge is -2.10. The fourth-order valence-corrected chi connectivity index (χ4v) is 1.69. The summed E-state index contributed by atoms with van der Waals surface area (Å²) in [5.41, 5.74) is 4.43. The summed E-state index contributed by atoms with van der Waals surface area (Å²) in [6.07, 6.45) is 0. The van der Waals surface area contributed by atoms with E-state index in [2.05, 4.69) is 26.0 Å². The van der Waals surface area contributed by atoms with Gasteiger partial charge in [-0.2, -0.15) is 0 Å². The highest BCUT2D eigenvalue weighted by molar-refractivity contribution is 5.70. The van der Waals surface area contributed by atoms with Gasteiger partial charge in [0, 0.05) is 5.56 Å². The van der Waals surface area contributed by atoms with Crippen LogP contribution in [0.15, 0.2) is 66.2 Å². The Morgan fingerprint density at radius 1 is 0.765 bits per heavy atom. The van der Waals surface area contributed by atoms with Gasteiger partial charge in [-0.15, -0.1) is 0 Å². The molecule has 2 aromatic rings. The van der Waals surface area contributed by atoms with Crippen molar-refractivity contribution in [3.8, 4) is 0 Å². The largest absolute Gasteiger partial charge is 0.249 e. The maximum absolute atomic E-state index is 4.71. The van der Waals surface area contributed by atoms with Gasteiger partial charge in [-0.05, 0) is 26.0 Å². The zero-order chi connectivity index (χ0) is 12.1. The monoisotopic (exact) mass is 222 g/mol. The molecule has 0 amide bonds. The van der Waals surface area contributed by atoms with E-state index < -0.39 is 0 Å². The Hall–Kier alpha value is -2.02. The SMILES string of the molecule is CC(C)=C([N]c1ccccc1)c1ccccc1. The third-order valence-electron chi connectivity index (χ3n) is 2.52. The summed E-state index contributed by atoms with van der Waals surface area (Å²) in [5, 5.41) is 4.71. The van der Waals surface area contributed by atoms with Crippen LogP contribution in [0, 0.1) is 0 Å². The number of benzene rings is 2. The van der Waals surface area contributed by atoms with E-state index in [9.17, 15) is 0 Å². The summed E-state index contributed by atoms with van der Waals surface area (Å²) in [5.74, 6) is 0. The summed E-state index contributed by atoms with van der Waals surface area (Å²) in [7, 11) is 0. The molecule has 0 unspecified atom stereocenters. The molecule has 0 N–H and O–H groups in total. The zero-order valence-corrected chi connectivity index (χ0v) is 10.2. The van der Waals surface area contributed by atoms with Gasteiger partial charge in [-0.25, -0.2) is 5.32 Å². The number of hydrogen-bond acceptors (Lipinski definition) is 0. The molecule has 0 bridgehead atoms. The third-order valence-corrected chi connectivity index (χ3v) is 2.52. The van der Waals surface area contributed by atoms with Crippen LogP contribution < -0.4 is 5.32 Å². The van der Waals surface area contributed by atoms with Gasteiger partial charge in [0.1, 0.15) is 0 Å². The third kappa shape index (κ3) is 2.97. The van der Waals surface area contributed by atoms with Crippen molar-refractivity contribution >= 4 is 11.4 Å². The molecule has 0 saturated carbocycles. The van der Waals surface area contributed by atoms with Gasteiger partial charge < -0.3 is 0 Å². The predicted molar refractivity (Wildman–Crippen MR) is 72.9 cm³/mol. The van der Waals surface area contributed by atoms with Crippen LogP contribution in [0.4, 0.5) is 5.69 Å². The molecular formula is C16H16N. The molecule has 0 heterocycles. The standard InChI is InChI=1S/C16H16N/c1-13(2)16(14-9-5-3-6-10-14)17-15-11-7-4-8-12-15/h3-12H,1-2H3. The predicted octanol–water partition coefficient (Wildman–Crippen LogP) is 4.37. The van der Waals surface area contributed by atoms with Crippen LogP contribution in [-0.4, -0.2) is 0 Å². The Bertz CT molecular complexity index is 494. The average Bonchev–Trinajstić information content (AvgIpc) is 2.38. The molecule has 0 saturated heterocycles. The Labute approximate surface area is 103 Å². The molecule has 85 valence electrons. The molecule has 0 aliphatic rings. The second-order valence-corrected chi connectivity index (χ2v) is 4.16. The van der Waals surface area contributed by atoms with Crippen molar-refractivity contribution in [3.63, 3.8) is 0 Å². The lowest BCUT2D eigenvalue weighted by atomic mass is 10.1. The molecule has 0 spiro atoms. The lowest BCUT2D eigenvalue weighted by molar-refractivity contribution is 1.16. The van der Waals surface area contributed by atoms with Crippen LogP contribution >= 0.6 is 0 Å². The van der Waals surface area contributed by atoms with Crippen LogP contribution in [-0.2, 0) is 0 Å². The van der Waals surface area contributed by atoms with Crippen molar-refractivity contribution in [1.29, 1.82) is 0 Å². The summed E-state index contributed by atoms with van der Waals surface area (Å²) in [6, 6.07) is 20.3. The van der Waals surface area contributed by atoms with E-state index in [0.717, 1.165) is 16.9 Å². The molecule has 0 aliphatic heterocycles. The number of rotatable bonds is 3. The van der Waals surface area contributed by atoms with E-state index in [-0.39, 0.29) is 0 Å². The highest BCUT2D eigenvalue weighted by Crippen LogP contribution is 2.21. The Morgan fingerprint density at radius 3 is 1.82 bits per heavy atom. The van der Waals surface area contributed by atoms with Crippen LogP contribution in [0.25, 0.3) is 5.70 Å². The van der Waals surface area contributed by atoms with Crippen molar-refractivity contribution in [2.24, 2.45) is 0 Å². The minimum atomic E-state index is 0.993. The molecule has 0 fully saturated rings. The second-order valence-electron chi connectivity index (χ2n) is 4.16. The number of allylic oxidation sites excluding steroid dienone is 1.